The average molecular weight is 361 g/mol. The lowest BCUT2D eigenvalue weighted by molar-refractivity contribution is 0.0398. The van der Waals surface area contributed by atoms with Gasteiger partial charge in [-0.25, -0.2) is 4.98 Å². The first-order valence-corrected chi connectivity index (χ1v) is 8.65. The van der Waals surface area contributed by atoms with Crippen LogP contribution >= 0.6 is 11.6 Å². The molecule has 2 heterocycles. The molecule has 2 N–H and O–H groups in total. The second-order valence-electron chi connectivity index (χ2n) is 5.78. The summed E-state index contributed by atoms with van der Waals surface area (Å²) < 4.78 is 5.33. The number of aromatic nitrogens is 1. The molecule has 0 unspecified atom stereocenters. The van der Waals surface area contributed by atoms with Crippen LogP contribution in [0.5, 0.6) is 0 Å². The number of hydrogen-bond donors (Lipinski definition) is 2. The van der Waals surface area contributed by atoms with Crippen molar-refractivity contribution < 1.29 is 9.53 Å². The number of rotatable bonds is 6. The number of amides is 1. The molecule has 1 aromatic carbocycles. The Morgan fingerprint density at radius 1 is 1.24 bits per heavy atom. The summed E-state index contributed by atoms with van der Waals surface area (Å²) in [5.74, 6) is 0.270. The summed E-state index contributed by atoms with van der Waals surface area (Å²) in [5, 5.41) is 6.63. The first-order chi connectivity index (χ1) is 12.2. The second-order valence-corrected chi connectivity index (χ2v) is 6.21. The van der Waals surface area contributed by atoms with Crippen molar-refractivity contribution in [2.24, 2.45) is 0 Å². The summed E-state index contributed by atoms with van der Waals surface area (Å²) in [6.07, 6.45) is 1.72. The fourth-order valence-corrected chi connectivity index (χ4v) is 2.76. The number of pyridine rings is 1. The van der Waals surface area contributed by atoms with Crippen LogP contribution in [-0.4, -0.2) is 55.2 Å². The molecule has 0 saturated carbocycles. The van der Waals surface area contributed by atoms with Gasteiger partial charge >= 0.3 is 0 Å². The number of morpholine rings is 1. The number of carbonyl (C=O) groups is 1. The highest BCUT2D eigenvalue weighted by molar-refractivity contribution is 6.31. The number of nitrogens with zero attached hydrogens (tertiary/aromatic N) is 2. The second kappa shape index (κ2) is 8.80. The van der Waals surface area contributed by atoms with Crippen LogP contribution in [0.1, 0.15) is 10.4 Å². The summed E-state index contributed by atoms with van der Waals surface area (Å²) in [5.41, 5.74) is 1.43. The first kappa shape index (κ1) is 17.7. The monoisotopic (exact) mass is 360 g/mol. The molecule has 25 heavy (non-hydrogen) atoms. The minimum atomic E-state index is -0.233. The van der Waals surface area contributed by atoms with E-state index in [2.05, 4.69) is 20.5 Å². The Labute approximate surface area is 152 Å². The minimum absolute atomic E-state index is 0.233. The fourth-order valence-electron chi connectivity index (χ4n) is 2.57. The highest BCUT2D eigenvalue weighted by atomic mass is 35.5. The van der Waals surface area contributed by atoms with Gasteiger partial charge < -0.3 is 15.4 Å². The first-order valence-electron chi connectivity index (χ1n) is 8.28. The van der Waals surface area contributed by atoms with Crippen molar-refractivity contribution in [1.82, 2.24) is 9.88 Å². The fraction of sp³-hybridized carbons (Fsp3) is 0.333. The van der Waals surface area contributed by atoms with Crippen LogP contribution in [-0.2, 0) is 4.74 Å². The van der Waals surface area contributed by atoms with Crippen LogP contribution in [0.3, 0.4) is 0 Å². The predicted molar refractivity (Wildman–Crippen MR) is 99.4 cm³/mol. The summed E-state index contributed by atoms with van der Waals surface area (Å²) in [6.45, 7) is 5.39. The van der Waals surface area contributed by atoms with Crippen LogP contribution in [0.25, 0.3) is 0 Å². The Bertz CT molecular complexity index is 702. The molecule has 0 bridgehead atoms. The molecule has 3 rings (SSSR count). The molecule has 1 aromatic heterocycles. The van der Waals surface area contributed by atoms with Gasteiger partial charge in [-0.15, -0.1) is 0 Å². The van der Waals surface area contributed by atoms with Gasteiger partial charge in [-0.1, -0.05) is 17.7 Å². The number of halogens is 1. The van der Waals surface area contributed by atoms with E-state index in [4.69, 9.17) is 16.3 Å². The van der Waals surface area contributed by atoms with Crippen molar-refractivity contribution in [2.45, 2.75) is 0 Å². The molecule has 7 heteroatoms. The van der Waals surface area contributed by atoms with E-state index in [9.17, 15) is 4.79 Å². The third-order valence-electron chi connectivity index (χ3n) is 3.95. The third kappa shape index (κ3) is 5.42. The molecular formula is C18H21ClN4O2. The SMILES string of the molecule is O=C(Nc1ccc(NCCN2CCOCC2)cn1)c1cccc(Cl)c1. The quantitative estimate of drug-likeness (QED) is 0.829. The molecule has 132 valence electrons. The lowest BCUT2D eigenvalue weighted by atomic mass is 10.2. The molecule has 1 saturated heterocycles. The number of anilines is 2. The van der Waals surface area contributed by atoms with E-state index in [1.807, 2.05) is 6.07 Å². The Morgan fingerprint density at radius 2 is 2.08 bits per heavy atom. The van der Waals surface area contributed by atoms with Gasteiger partial charge in [0, 0.05) is 36.8 Å². The molecule has 0 aliphatic carbocycles. The van der Waals surface area contributed by atoms with Crippen LogP contribution in [0.4, 0.5) is 11.5 Å². The van der Waals surface area contributed by atoms with Gasteiger partial charge in [0.1, 0.15) is 5.82 Å². The van der Waals surface area contributed by atoms with E-state index in [1.165, 1.54) is 0 Å². The van der Waals surface area contributed by atoms with Gasteiger partial charge in [-0.2, -0.15) is 0 Å². The summed E-state index contributed by atoms with van der Waals surface area (Å²) >= 11 is 5.90. The minimum Gasteiger partial charge on any atom is -0.383 e. The molecule has 1 amide bonds. The third-order valence-corrected chi connectivity index (χ3v) is 4.19. The number of ether oxygens (including phenoxy) is 1. The molecular weight excluding hydrogens is 340 g/mol. The zero-order chi connectivity index (χ0) is 17.5. The highest BCUT2D eigenvalue weighted by Crippen LogP contribution is 2.14. The summed E-state index contributed by atoms with van der Waals surface area (Å²) in [7, 11) is 0. The van der Waals surface area contributed by atoms with E-state index >= 15 is 0 Å². The smallest absolute Gasteiger partial charge is 0.256 e. The number of benzene rings is 1. The van der Waals surface area contributed by atoms with Crippen LogP contribution in [0.2, 0.25) is 5.02 Å². The molecule has 0 radical (unpaired) electrons. The Hall–Kier alpha value is -2.15. The van der Waals surface area contributed by atoms with Crippen molar-refractivity contribution in [3.05, 3.63) is 53.2 Å². The Morgan fingerprint density at radius 3 is 2.80 bits per heavy atom. The molecule has 1 fully saturated rings. The van der Waals surface area contributed by atoms with Gasteiger partial charge in [-0.3, -0.25) is 9.69 Å². The van der Waals surface area contributed by atoms with Crippen LogP contribution < -0.4 is 10.6 Å². The zero-order valence-corrected chi connectivity index (χ0v) is 14.6. The average Bonchev–Trinajstić information content (AvgIpc) is 2.64. The van der Waals surface area contributed by atoms with Gasteiger partial charge in [0.25, 0.3) is 5.91 Å². The lowest BCUT2D eigenvalue weighted by Gasteiger charge is -2.26. The molecule has 0 spiro atoms. The molecule has 1 aliphatic heterocycles. The maximum absolute atomic E-state index is 12.2. The Kier molecular flexibility index (Phi) is 6.22. The molecule has 0 atom stereocenters. The number of hydrogen-bond acceptors (Lipinski definition) is 5. The topological polar surface area (TPSA) is 66.5 Å². The maximum Gasteiger partial charge on any atom is 0.256 e. The highest BCUT2D eigenvalue weighted by Gasteiger charge is 2.10. The van der Waals surface area contributed by atoms with E-state index in [-0.39, 0.29) is 5.91 Å². The number of nitrogens with one attached hydrogen (secondary N) is 2. The normalized spacial score (nSPS) is 14.9. The summed E-state index contributed by atoms with van der Waals surface area (Å²) in [4.78, 5) is 18.8. The zero-order valence-electron chi connectivity index (χ0n) is 13.9. The van der Waals surface area contributed by atoms with E-state index in [1.54, 1.807) is 36.5 Å². The lowest BCUT2D eigenvalue weighted by Crippen LogP contribution is -2.39. The number of carbonyl (C=O) groups excluding carboxylic acids is 1. The van der Waals surface area contributed by atoms with E-state index in [0.717, 1.165) is 45.1 Å². The largest absolute Gasteiger partial charge is 0.383 e. The summed E-state index contributed by atoms with van der Waals surface area (Å²) in [6, 6.07) is 10.5. The van der Waals surface area contributed by atoms with E-state index in [0.29, 0.717) is 16.4 Å². The molecule has 1 aliphatic rings. The standard InChI is InChI=1S/C18H21ClN4O2/c19-15-3-1-2-14(12-15)18(24)22-17-5-4-16(13-21-17)20-6-7-23-8-10-25-11-9-23/h1-5,12-13,20H,6-11H2,(H,21,22,24). The predicted octanol–water partition coefficient (Wildman–Crippen LogP) is 2.73. The molecule has 2 aromatic rings. The van der Waals surface area contributed by atoms with Gasteiger partial charge in [0.2, 0.25) is 0 Å². The van der Waals surface area contributed by atoms with Gasteiger partial charge in [-0.05, 0) is 30.3 Å². The maximum atomic E-state index is 12.2. The van der Waals surface area contributed by atoms with Crippen molar-refractivity contribution >= 4 is 29.0 Å². The van der Waals surface area contributed by atoms with Crippen molar-refractivity contribution in [3.63, 3.8) is 0 Å². The van der Waals surface area contributed by atoms with Crippen molar-refractivity contribution in [1.29, 1.82) is 0 Å². The molecule has 6 nitrogen and oxygen atoms in total. The van der Waals surface area contributed by atoms with Gasteiger partial charge in [0.05, 0.1) is 25.1 Å². The van der Waals surface area contributed by atoms with Crippen molar-refractivity contribution in [2.75, 3.05) is 50.0 Å². The Balaban J connectivity index is 1.47. The van der Waals surface area contributed by atoms with Gasteiger partial charge in [0.15, 0.2) is 0 Å². The van der Waals surface area contributed by atoms with E-state index < -0.39 is 0 Å². The van der Waals surface area contributed by atoms with Crippen molar-refractivity contribution in [3.8, 4) is 0 Å². The van der Waals surface area contributed by atoms with Crippen LogP contribution in [0.15, 0.2) is 42.6 Å². The van der Waals surface area contributed by atoms with Crippen LogP contribution in [0, 0.1) is 0 Å².